The smallest absolute Gasteiger partial charge is 0.279 e. The van der Waals surface area contributed by atoms with E-state index in [1.54, 1.807) is 7.11 Å². The zero-order valence-corrected chi connectivity index (χ0v) is 11.7. The van der Waals surface area contributed by atoms with Gasteiger partial charge in [-0.1, -0.05) is 17.7 Å². The number of benzene rings is 2. The molecule has 0 aliphatic rings. The number of ether oxygens (including phenoxy) is 1. The fourth-order valence-electron chi connectivity index (χ4n) is 1.74. The summed E-state index contributed by atoms with van der Waals surface area (Å²) in [5.41, 5.74) is 1.99. The summed E-state index contributed by atoms with van der Waals surface area (Å²) in [6.07, 6.45) is 0. The Morgan fingerprint density at radius 2 is 1.89 bits per heavy atom. The zero-order valence-electron chi connectivity index (χ0n) is 10.9. The Kier molecular flexibility index (Phi) is 4.42. The Morgan fingerprint density at radius 3 is 2.53 bits per heavy atom. The second-order valence-electron chi connectivity index (χ2n) is 3.99. The molecular formula is C15H16ClN2O+. The van der Waals surface area contributed by atoms with Gasteiger partial charge in [-0.05, 0) is 42.5 Å². The van der Waals surface area contributed by atoms with Gasteiger partial charge < -0.3 is 4.74 Å². The molecule has 0 atom stereocenters. The molecule has 0 aliphatic carbocycles. The molecule has 2 aromatic carbocycles. The highest BCUT2D eigenvalue weighted by molar-refractivity contribution is 6.30. The van der Waals surface area contributed by atoms with E-state index in [9.17, 15) is 0 Å². The second kappa shape index (κ2) is 6.25. The number of methoxy groups -OCH3 is 1. The van der Waals surface area contributed by atoms with Crippen molar-refractivity contribution >= 4 is 23.1 Å². The summed E-state index contributed by atoms with van der Waals surface area (Å²) in [6, 6.07) is 15.4. The Morgan fingerprint density at radius 1 is 1.16 bits per heavy atom. The number of anilines is 1. The van der Waals surface area contributed by atoms with Crippen LogP contribution in [0.15, 0.2) is 48.5 Å². The standard InChI is InChI=1S/C15H15ClN2O/c1-17-15(11-4-3-5-14(10-11)19-2)18-13-8-6-12(16)7-9-13/h3-10H,1-2H3,(H,17,18)/p+1. The fraction of sp³-hybridized carbons (Fsp3) is 0.133. The summed E-state index contributed by atoms with van der Waals surface area (Å²) in [5, 5.41) is 4.04. The third kappa shape index (κ3) is 3.48. The Hall–Kier alpha value is -2.00. The number of nitrogens with one attached hydrogen (secondary N) is 2. The van der Waals surface area contributed by atoms with E-state index in [2.05, 4.69) is 10.3 Å². The summed E-state index contributed by atoms with van der Waals surface area (Å²) in [5.74, 6) is 1.73. The highest BCUT2D eigenvalue weighted by Crippen LogP contribution is 2.16. The van der Waals surface area contributed by atoms with Crippen molar-refractivity contribution in [2.24, 2.45) is 0 Å². The predicted octanol–water partition coefficient (Wildman–Crippen LogP) is 1.92. The molecule has 98 valence electrons. The maximum atomic E-state index is 5.87. The Balaban J connectivity index is 2.23. The van der Waals surface area contributed by atoms with Crippen LogP contribution >= 0.6 is 11.6 Å². The van der Waals surface area contributed by atoms with E-state index in [-0.39, 0.29) is 0 Å². The topological polar surface area (TPSA) is 35.2 Å². The minimum atomic E-state index is 0.720. The van der Waals surface area contributed by atoms with Gasteiger partial charge in [0.2, 0.25) is 0 Å². The molecule has 2 N–H and O–H groups in total. The molecule has 0 fully saturated rings. The average Bonchev–Trinajstić information content (AvgIpc) is 2.46. The highest BCUT2D eigenvalue weighted by atomic mass is 35.5. The maximum absolute atomic E-state index is 5.87. The number of halogens is 1. The van der Waals surface area contributed by atoms with E-state index in [1.807, 2.05) is 55.6 Å². The lowest BCUT2D eigenvalue weighted by atomic mass is 10.2. The van der Waals surface area contributed by atoms with Crippen molar-refractivity contribution in [1.29, 1.82) is 0 Å². The molecule has 0 spiro atoms. The van der Waals surface area contributed by atoms with Gasteiger partial charge in [0.25, 0.3) is 5.84 Å². The van der Waals surface area contributed by atoms with Gasteiger partial charge in [0.15, 0.2) is 0 Å². The van der Waals surface area contributed by atoms with Crippen molar-refractivity contribution in [3.05, 3.63) is 59.1 Å². The van der Waals surface area contributed by atoms with Crippen LogP contribution in [0, 0.1) is 0 Å². The van der Waals surface area contributed by atoms with Gasteiger partial charge in [0, 0.05) is 5.02 Å². The van der Waals surface area contributed by atoms with Crippen LogP contribution < -0.4 is 15.0 Å². The third-order valence-corrected chi connectivity index (χ3v) is 2.97. The normalized spacial score (nSPS) is 11.2. The van der Waals surface area contributed by atoms with E-state index < -0.39 is 0 Å². The SMILES string of the molecule is C[NH+]=C(Nc1ccc(Cl)cc1)c1cccc(OC)c1. The number of hydrogen-bond acceptors (Lipinski definition) is 1. The summed E-state index contributed by atoms with van der Waals surface area (Å²) in [7, 11) is 3.53. The molecule has 0 heterocycles. The van der Waals surface area contributed by atoms with Crippen molar-refractivity contribution in [1.82, 2.24) is 0 Å². The van der Waals surface area contributed by atoms with Gasteiger partial charge in [-0.2, -0.15) is 0 Å². The first-order chi connectivity index (χ1) is 9.22. The van der Waals surface area contributed by atoms with E-state index in [4.69, 9.17) is 16.3 Å². The van der Waals surface area contributed by atoms with Crippen LogP contribution in [-0.2, 0) is 0 Å². The predicted molar refractivity (Wildman–Crippen MR) is 79.1 cm³/mol. The zero-order chi connectivity index (χ0) is 13.7. The number of rotatable bonds is 3. The first-order valence-corrected chi connectivity index (χ1v) is 6.32. The minimum Gasteiger partial charge on any atom is -0.497 e. The van der Waals surface area contributed by atoms with Gasteiger partial charge in [-0.25, -0.2) is 5.32 Å². The first-order valence-electron chi connectivity index (χ1n) is 5.94. The van der Waals surface area contributed by atoms with Gasteiger partial charge in [0.1, 0.15) is 11.4 Å². The van der Waals surface area contributed by atoms with Crippen molar-refractivity contribution in [3.8, 4) is 5.75 Å². The quantitative estimate of drug-likeness (QED) is 0.663. The van der Waals surface area contributed by atoms with E-state index in [0.717, 1.165) is 27.9 Å². The van der Waals surface area contributed by atoms with E-state index in [0.29, 0.717) is 0 Å². The maximum Gasteiger partial charge on any atom is 0.279 e. The molecule has 0 aromatic heterocycles. The molecule has 4 heteroatoms. The van der Waals surface area contributed by atoms with Gasteiger partial charge in [-0.3, -0.25) is 4.99 Å². The van der Waals surface area contributed by atoms with Gasteiger partial charge >= 0.3 is 0 Å². The van der Waals surface area contributed by atoms with Gasteiger partial charge in [-0.15, -0.1) is 0 Å². The van der Waals surface area contributed by atoms with E-state index >= 15 is 0 Å². The summed E-state index contributed by atoms with van der Waals surface area (Å²) in [4.78, 5) is 3.15. The monoisotopic (exact) mass is 275 g/mol. The Bertz CT molecular complexity index is 579. The van der Waals surface area contributed by atoms with Crippen LogP contribution in [0.2, 0.25) is 5.02 Å². The average molecular weight is 276 g/mol. The summed E-state index contributed by atoms with van der Waals surface area (Å²) >= 11 is 5.87. The molecule has 2 rings (SSSR count). The molecule has 0 bridgehead atoms. The molecule has 0 aliphatic heterocycles. The molecule has 19 heavy (non-hydrogen) atoms. The number of amidine groups is 1. The lowest BCUT2D eigenvalue weighted by molar-refractivity contribution is -0.419. The molecule has 2 aromatic rings. The molecule has 0 radical (unpaired) electrons. The second-order valence-corrected chi connectivity index (χ2v) is 4.43. The van der Waals surface area contributed by atoms with Gasteiger partial charge in [0.05, 0.1) is 19.7 Å². The van der Waals surface area contributed by atoms with Crippen LogP contribution in [0.1, 0.15) is 5.56 Å². The lowest BCUT2D eigenvalue weighted by Gasteiger charge is -2.05. The van der Waals surface area contributed by atoms with Crippen LogP contribution in [0.25, 0.3) is 0 Å². The fourth-order valence-corrected chi connectivity index (χ4v) is 1.86. The van der Waals surface area contributed by atoms with E-state index in [1.165, 1.54) is 0 Å². The van der Waals surface area contributed by atoms with Crippen LogP contribution in [0.4, 0.5) is 5.69 Å². The van der Waals surface area contributed by atoms with Crippen LogP contribution in [0.5, 0.6) is 5.75 Å². The lowest BCUT2D eigenvalue weighted by Crippen LogP contribution is -2.70. The van der Waals surface area contributed by atoms with Crippen molar-refractivity contribution in [2.75, 3.05) is 19.5 Å². The van der Waals surface area contributed by atoms with Crippen molar-refractivity contribution < 1.29 is 9.73 Å². The van der Waals surface area contributed by atoms with Crippen molar-refractivity contribution in [2.45, 2.75) is 0 Å². The highest BCUT2D eigenvalue weighted by Gasteiger charge is 2.11. The molecule has 0 saturated heterocycles. The Labute approximate surface area is 117 Å². The summed E-state index contributed by atoms with van der Waals surface area (Å²) < 4.78 is 5.23. The molecule has 0 amide bonds. The van der Waals surface area contributed by atoms with Crippen LogP contribution in [0.3, 0.4) is 0 Å². The summed E-state index contributed by atoms with van der Waals surface area (Å²) in [6.45, 7) is 0. The minimum absolute atomic E-state index is 0.720. The molecule has 0 unspecified atom stereocenters. The first kappa shape index (κ1) is 13.4. The number of hydrogen-bond donors (Lipinski definition) is 2. The molecule has 0 saturated carbocycles. The van der Waals surface area contributed by atoms with Crippen LogP contribution in [-0.4, -0.2) is 20.0 Å². The van der Waals surface area contributed by atoms with Crippen molar-refractivity contribution in [3.63, 3.8) is 0 Å². The largest absolute Gasteiger partial charge is 0.497 e. The molecular weight excluding hydrogens is 260 g/mol. The molecule has 3 nitrogen and oxygen atoms in total. The third-order valence-electron chi connectivity index (χ3n) is 2.72.